The minimum absolute atomic E-state index is 0.273. The van der Waals surface area contributed by atoms with Crippen molar-refractivity contribution in [1.82, 2.24) is 0 Å². The second-order valence-electron chi connectivity index (χ2n) is 3.96. The van der Waals surface area contributed by atoms with Crippen molar-refractivity contribution in [3.05, 3.63) is 34.1 Å². The van der Waals surface area contributed by atoms with Gasteiger partial charge in [-0.05, 0) is 31.4 Å². The maximum Gasteiger partial charge on any atom is 0.309 e. The number of hydrogen-bond acceptors (Lipinski definition) is 1. The summed E-state index contributed by atoms with van der Waals surface area (Å²) >= 11 is 3.24. The molecule has 0 heterocycles. The minimum Gasteiger partial charge on any atom is -0.481 e. The van der Waals surface area contributed by atoms with E-state index in [0.717, 1.165) is 0 Å². The van der Waals surface area contributed by atoms with Gasteiger partial charge in [0.25, 0.3) is 0 Å². The van der Waals surface area contributed by atoms with Crippen LogP contribution in [0.4, 0.5) is 4.39 Å². The van der Waals surface area contributed by atoms with E-state index in [1.165, 1.54) is 6.07 Å². The Bertz CT molecular complexity index is 393. The molecule has 0 aromatic heterocycles. The van der Waals surface area contributed by atoms with Gasteiger partial charge in [-0.3, -0.25) is 4.79 Å². The van der Waals surface area contributed by atoms with E-state index in [1.807, 2.05) is 0 Å². The average molecular weight is 273 g/mol. The van der Waals surface area contributed by atoms with Crippen molar-refractivity contribution in [2.45, 2.75) is 19.3 Å². The maximum atomic E-state index is 13.4. The Morgan fingerprint density at radius 2 is 2.20 bits per heavy atom. The summed E-state index contributed by atoms with van der Waals surface area (Å²) in [6.45, 7) is 0. The Labute approximate surface area is 95.2 Å². The number of benzene rings is 1. The van der Waals surface area contributed by atoms with Gasteiger partial charge in [-0.2, -0.15) is 0 Å². The monoisotopic (exact) mass is 272 g/mol. The minimum atomic E-state index is -0.822. The normalized spacial score (nSPS) is 17.5. The van der Waals surface area contributed by atoms with Crippen molar-refractivity contribution >= 4 is 21.9 Å². The van der Waals surface area contributed by atoms with Crippen LogP contribution in [0.1, 0.15) is 18.4 Å². The van der Waals surface area contributed by atoms with E-state index in [1.54, 1.807) is 12.1 Å². The standard InChI is InChI=1S/C11H10BrFO2/c12-8-2-1-3-9(13)7(8)6-11(4-5-11)10(14)15/h1-3H,4-6H2,(H,14,15). The molecule has 0 bridgehead atoms. The molecule has 0 aliphatic heterocycles. The largest absolute Gasteiger partial charge is 0.481 e. The fourth-order valence-electron chi connectivity index (χ4n) is 1.66. The predicted octanol–water partition coefficient (Wildman–Crippen LogP) is 3.00. The lowest BCUT2D eigenvalue weighted by molar-refractivity contribution is -0.143. The summed E-state index contributed by atoms with van der Waals surface area (Å²) in [6, 6.07) is 4.69. The van der Waals surface area contributed by atoms with Gasteiger partial charge in [0.1, 0.15) is 5.82 Å². The number of aliphatic carboxylic acids is 1. The summed E-state index contributed by atoms with van der Waals surface area (Å²) in [7, 11) is 0. The van der Waals surface area contributed by atoms with Crippen LogP contribution < -0.4 is 0 Å². The zero-order chi connectivity index (χ0) is 11.1. The smallest absolute Gasteiger partial charge is 0.309 e. The second kappa shape index (κ2) is 3.59. The highest BCUT2D eigenvalue weighted by Crippen LogP contribution is 2.49. The topological polar surface area (TPSA) is 37.3 Å². The molecule has 80 valence electrons. The summed E-state index contributed by atoms with van der Waals surface area (Å²) in [5.41, 5.74) is -0.248. The molecular formula is C11H10BrFO2. The van der Waals surface area contributed by atoms with Crippen LogP contribution in [0.15, 0.2) is 22.7 Å². The van der Waals surface area contributed by atoms with E-state index in [0.29, 0.717) is 22.9 Å². The number of carboxylic acid groups (broad SMARTS) is 1. The Hall–Kier alpha value is -0.900. The zero-order valence-corrected chi connectivity index (χ0v) is 9.55. The number of carbonyl (C=O) groups is 1. The van der Waals surface area contributed by atoms with Crippen molar-refractivity contribution in [2.24, 2.45) is 5.41 Å². The lowest BCUT2D eigenvalue weighted by atomic mass is 9.96. The van der Waals surface area contributed by atoms with Gasteiger partial charge in [-0.25, -0.2) is 4.39 Å². The number of rotatable bonds is 3. The molecule has 0 saturated heterocycles. The van der Waals surface area contributed by atoms with Crippen LogP contribution in [0.3, 0.4) is 0 Å². The molecular weight excluding hydrogens is 263 g/mol. The van der Waals surface area contributed by atoms with Crippen LogP contribution in [0.5, 0.6) is 0 Å². The second-order valence-corrected chi connectivity index (χ2v) is 4.82. The van der Waals surface area contributed by atoms with Crippen molar-refractivity contribution in [1.29, 1.82) is 0 Å². The molecule has 0 spiro atoms. The first kappa shape index (κ1) is 10.6. The molecule has 0 unspecified atom stereocenters. The molecule has 1 aliphatic rings. The van der Waals surface area contributed by atoms with Crippen molar-refractivity contribution in [2.75, 3.05) is 0 Å². The van der Waals surface area contributed by atoms with E-state index in [9.17, 15) is 9.18 Å². The Kier molecular flexibility index (Phi) is 2.54. The molecule has 2 rings (SSSR count). The average Bonchev–Trinajstić information content (AvgIpc) is 2.93. The molecule has 4 heteroatoms. The predicted molar refractivity (Wildman–Crippen MR) is 57.1 cm³/mol. The summed E-state index contributed by atoms with van der Waals surface area (Å²) < 4.78 is 14.1. The first-order valence-electron chi connectivity index (χ1n) is 4.71. The number of hydrogen-bond donors (Lipinski definition) is 1. The highest BCUT2D eigenvalue weighted by atomic mass is 79.9. The third kappa shape index (κ3) is 1.91. The summed E-state index contributed by atoms with van der Waals surface area (Å²) in [5.74, 6) is -1.16. The van der Waals surface area contributed by atoms with Gasteiger partial charge in [-0.15, -0.1) is 0 Å². The van der Waals surface area contributed by atoms with Crippen LogP contribution in [0, 0.1) is 11.2 Å². The molecule has 0 atom stereocenters. The third-order valence-corrected chi connectivity index (χ3v) is 3.63. The molecule has 1 N–H and O–H groups in total. The molecule has 15 heavy (non-hydrogen) atoms. The van der Waals surface area contributed by atoms with Crippen LogP contribution in [0.25, 0.3) is 0 Å². The molecule has 1 aromatic rings. The van der Waals surface area contributed by atoms with E-state index < -0.39 is 11.4 Å². The van der Waals surface area contributed by atoms with E-state index in [4.69, 9.17) is 5.11 Å². The van der Waals surface area contributed by atoms with Gasteiger partial charge in [-0.1, -0.05) is 22.0 Å². The first-order chi connectivity index (χ1) is 7.05. The summed E-state index contributed by atoms with van der Waals surface area (Å²) in [5, 5.41) is 9.01. The van der Waals surface area contributed by atoms with Gasteiger partial charge in [0.2, 0.25) is 0 Å². The fourth-order valence-corrected chi connectivity index (χ4v) is 2.14. The van der Waals surface area contributed by atoms with Crippen LogP contribution in [-0.4, -0.2) is 11.1 Å². The Balaban J connectivity index is 2.29. The van der Waals surface area contributed by atoms with Gasteiger partial charge in [0.15, 0.2) is 0 Å². The highest BCUT2D eigenvalue weighted by Gasteiger charge is 2.50. The van der Waals surface area contributed by atoms with Crippen molar-refractivity contribution in [3.8, 4) is 0 Å². The molecule has 1 aliphatic carbocycles. The Morgan fingerprint density at radius 1 is 1.53 bits per heavy atom. The van der Waals surface area contributed by atoms with Gasteiger partial charge in [0, 0.05) is 10.0 Å². The van der Waals surface area contributed by atoms with Crippen LogP contribution in [-0.2, 0) is 11.2 Å². The van der Waals surface area contributed by atoms with Crippen molar-refractivity contribution in [3.63, 3.8) is 0 Å². The summed E-state index contributed by atoms with van der Waals surface area (Å²) in [4.78, 5) is 11.0. The van der Waals surface area contributed by atoms with E-state index in [-0.39, 0.29) is 12.2 Å². The first-order valence-corrected chi connectivity index (χ1v) is 5.51. The molecule has 1 saturated carbocycles. The fraction of sp³-hybridized carbons (Fsp3) is 0.364. The van der Waals surface area contributed by atoms with E-state index >= 15 is 0 Å². The third-order valence-electron chi connectivity index (χ3n) is 2.88. The lowest BCUT2D eigenvalue weighted by Crippen LogP contribution is -2.18. The molecule has 2 nitrogen and oxygen atoms in total. The highest BCUT2D eigenvalue weighted by molar-refractivity contribution is 9.10. The van der Waals surface area contributed by atoms with Crippen LogP contribution in [0.2, 0.25) is 0 Å². The van der Waals surface area contributed by atoms with E-state index in [2.05, 4.69) is 15.9 Å². The lowest BCUT2D eigenvalue weighted by Gasteiger charge is -2.11. The molecule has 1 aromatic carbocycles. The SMILES string of the molecule is O=C(O)C1(Cc2c(F)cccc2Br)CC1. The van der Waals surface area contributed by atoms with Crippen LogP contribution >= 0.6 is 15.9 Å². The molecule has 1 fully saturated rings. The molecule has 0 amide bonds. The molecule has 0 radical (unpaired) electrons. The zero-order valence-electron chi connectivity index (χ0n) is 7.96. The Morgan fingerprint density at radius 3 is 2.67 bits per heavy atom. The quantitative estimate of drug-likeness (QED) is 0.919. The summed E-state index contributed by atoms with van der Waals surface area (Å²) in [6.07, 6.45) is 1.56. The van der Waals surface area contributed by atoms with Gasteiger partial charge >= 0.3 is 5.97 Å². The maximum absolute atomic E-state index is 13.4. The number of halogens is 2. The number of carboxylic acids is 1. The van der Waals surface area contributed by atoms with Gasteiger partial charge < -0.3 is 5.11 Å². The van der Waals surface area contributed by atoms with Crippen molar-refractivity contribution < 1.29 is 14.3 Å². The van der Waals surface area contributed by atoms with Gasteiger partial charge in [0.05, 0.1) is 5.41 Å².